The van der Waals surface area contributed by atoms with E-state index in [4.69, 9.17) is 4.74 Å². The van der Waals surface area contributed by atoms with Gasteiger partial charge in [0.1, 0.15) is 0 Å². The highest BCUT2D eigenvalue weighted by Gasteiger charge is 2.46. The number of esters is 1. The van der Waals surface area contributed by atoms with Crippen LogP contribution in [0, 0.1) is 11.3 Å². The molecule has 0 aromatic heterocycles. The van der Waals surface area contributed by atoms with Crippen molar-refractivity contribution < 1.29 is 19.4 Å². The van der Waals surface area contributed by atoms with Crippen LogP contribution in [0.1, 0.15) is 53.4 Å². The highest BCUT2D eigenvalue weighted by atomic mass is 16.5. The number of hydrogen-bond donors (Lipinski definition) is 1. The molecule has 0 saturated carbocycles. The van der Waals surface area contributed by atoms with E-state index in [-0.39, 0.29) is 12.3 Å². The van der Waals surface area contributed by atoms with Gasteiger partial charge in [0.05, 0.1) is 6.61 Å². The van der Waals surface area contributed by atoms with Gasteiger partial charge in [0, 0.05) is 0 Å². The molecule has 0 spiro atoms. The van der Waals surface area contributed by atoms with Gasteiger partial charge in [-0.25, -0.2) is 0 Å². The van der Waals surface area contributed by atoms with Crippen LogP contribution in [0.25, 0.3) is 0 Å². The molecule has 0 radical (unpaired) electrons. The number of carboxylic acids is 1. The second kappa shape index (κ2) is 7.30. The van der Waals surface area contributed by atoms with Crippen molar-refractivity contribution in [3.8, 4) is 0 Å². The minimum absolute atomic E-state index is 0.143. The quantitative estimate of drug-likeness (QED) is 0.405. The smallest absolute Gasteiger partial charge is 0.323 e. The summed E-state index contributed by atoms with van der Waals surface area (Å²) in [5.41, 5.74) is -1.37. The monoisotopic (exact) mass is 244 g/mol. The Morgan fingerprint density at radius 3 is 2.24 bits per heavy atom. The van der Waals surface area contributed by atoms with Crippen LogP contribution in [-0.4, -0.2) is 23.7 Å². The molecule has 0 bridgehead atoms. The number of carboxylic acid groups (broad SMARTS) is 1. The Balaban J connectivity index is 4.77. The third-order valence-corrected chi connectivity index (χ3v) is 2.89. The summed E-state index contributed by atoms with van der Waals surface area (Å²) in [5.74, 6) is -1.52. The lowest BCUT2D eigenvalue weighted by Crippen LogP contribution is -2.41. The molecule has 1 atom stereocenters. The van der Waals surface area contributed by atoms with E-state index in [1.54, 1.807) is 6.92 Å². The molecular weight excluding hydrogens is 220 g/mol. The van der Waals surface area contributed by atoms with Crippen LogP contribution < -0.4 is 0 Å². The minimum Gasteiger partial charge on any atom is -0.480 e. The van der Waals surface area contributed by atoms with Crippen molar-refractivity contribution in [3.05, 3.63) is 0 Å². The molecule has 4 heteroatoms. The summed E-state index contributed by atoms with van der Waals surface area (Å²) >= 11 is 0. The fourth-order valence-corrected chi connectivity index (χ4v) is 1.84. The largest absolute Gasteiger partial charge is 0.480 e. The summed E-state index contributed by atoms with van der Waals surface area (Å²) in [6, 6.07) is 0. The zero-order valence-corrected chi connectivity index (χ0v) is 11.3. The zero-order chi connectivity index (χ0) is 13.5. The highest BCUT2D eigenvalue weighted by molar-refractivity contribution is 5.99. The third-order valence-electron chi connectivity index (χ3n) is 2.89. The standard InChI is InChI=1S/C13H24O4/c1-5-7-8-17-12(16)13(6-2,11(14)15)9-10(3)4/h10H,5-9H2,1-4H3,(H,14,15). The molecule has 0 aliphatic rings. The Morgan fingerprint density at radius 2 is 1.88 bits per heavy atom. The predicted molar refractivity (Wildman–Crippen MR) is 65.7 cm³/mol. The number of ether oxygens (including phenoxy) is 1. The zero-order valence-electron chi connectivity index (χ0n) is 11.3. The second-order valence-electron chi connectivity index (χ2n) is 4.83. The van der Waals surface area contributed by atoms with Gasteiger partial charge < -0.3 is 9.84 Å². The van der Waals surface area contributed by atoms with Crippen molar-refractivity contribution in [2.75, 3.05) is 6.61 Å². The van der Waals surface area contributed by atoms with E-state index in [1.807, 2.05) is 20.8 Å². The number of rotatable bonds is 8. The van der Waals surface area contributed by atoms with Gasteiger partial charge in [-0.1, -0.05) is 34.1 Å². The average Bonchev–Trinajstić information content (AvgIpc) is 2.25. The van der Waals surface area contributed by atoms with Crippen LogP contribution in [0.4, 0.5) is 0 Å². The molecule has 0 amide bonds. The Labute approximate surface area is 103 Å². The van der Waals surface area contributed by atoms with Gasteiger partial charge in [-0.15, -0.1) is 0 Å². The summed E-state index contributed by atoms with van der Waals surface area (Å²) in [5, 5.41) is 9.30. The van der Waals surface area contributed by atoms with E-state index >= 15 is 0 Å². The Kier molecular flexibility index (Phi) is 6.85. The number of carbonyl (C=O) groups excluding carboxylic acids is 1. The van der Waals surface area contributed by atoms with E-state index in [1.165, 1.54) is 0 Å². The third kappa shape index (κ3) is 4.36. The fraction of sp³-hybridized carbons (Fsp3) is 0.846. The van der Waals surface area contributed by atoms with Crippen molar-refractivity contribution in [2.24, 2.45) is 11.3 Å². The molecular formula is C13H24O4. The minimum atomic E-state index is -1.37. The van der Waals surface area contributed by atoms with Crippen LogP contribution >= 0.6 is 0 Å². The first-order valence-corrected chi connectivity index (χ1v) is 6.31. The van der Waals surface area contributed by atoms with Gasteiger partial charge in [-0.2, -0.15) is 0 Å². The maximum atomic E-state index is 11.9. The lowest BCUT2D eigenvalue weighted by atomic mass is 9.78. The maximum Gasteiger partial charge on any atom is 0.323 e. The van der Waals surface area contributed by atoms with Crippen LogP contribution in [-0.2, 0) is 14.3 Å². The molecule has 1 unspecified atom stereocenters. The van der Waals surface area contributed by atoms with Gasteiger partial charge >= 0.3 is 11.9 Å². The van der Waals surface area contributed by atoms with Crippen LogP contribution in [0.15, 0.2) is 0 Å². The molecule has 0 aliphatic carbocycles. The number of unbranched alkanes of at least 4 members (excludes halogenated alkanes) is 1. The van der Waals surface area contributed by atoms with E-state index in [0.717, 1.165) is 12.8 Å². The number of hydrogen-bond acceptors (Lipinski definition) is 3. The van der Waals surface area contributed by atoms with E-state index in [0.29, 0.717) is 13.0 Å². The molecule has 4 nitrogen and oxygen atoms in total. The first-order valence-electron chi connectivity index (χ1n) is 6.31. The maximum absolute atomic E-state index is 11.9. The fourth-order valence-electron chi connectivity index (χ4n) is 1.84. The molecule has 1 N–H and O–H groups in total. The SMILES string of the molecule is CCCCOC(=O)C(CC)(CC(C)C)C(=O)O. The van der Waals surface area contributed by atoms with Crippen molar-refractivity contribution in [1.29, 1.82) is 0 Å². The topological polar surface area (TPSA) is 63.6 Å². The van der Waals surface area contributed by atoms with Gasteiger partial charge in [0.2, 0.25) is 0 Å². The number of carbonyl (C=O) groups is 2. The van der Waals surface area contributed by atoms with Crippen LogP contribution in [0.3, 0.4) is 0 Å². The molecule has 0 aliphatic heterocycles. The lowest BCUT2D eigenvalue weighted by Gasteiger charge is -2.27. The summed E-state index contributed by atoms with van der Waals surface area (Å²) in [6.07, 6.45) is 2.28. The van der Waals surface area contributed by atoms with Crippen molar-refractivity contribution in [3.63, 3.8) is 0 Å². The molecule has 0 rings (SSSR count). The highest BCUT2D eigenvalue weighted by Crippen LogP contribution is 2.32. The summed E-state index contributed by atoms with van der Waals surface area (Å²) in [4.78, 5) is 23.3. The molecule has 17 heavy (non-hydrogen) atoms. The Bertz CT molecular complexity index is 260. The average molecular weight is 244 g/mol. The Hall–Kier alpha value is -1.06. The molecule has 100 valence electrons. The van der Waals surface area contributed by atoms with E-state index in [9.17, 15) is 14.7 Å². The molecule has 0 saturated heterocycles. The van der Waals surface area contributed by atoms with Crippen LogP contribution in [0.2, 0.25) is 0 Å². The number of aliphatic carboxylic acids is 1. The van der Waals surface area contributed by atoms with Crippen LogP contribution in [0.5, 0.6) is 0 Å². The molecule has 0 heterocycles. The first kappa shape index (κ1) is 15.9. The van der Waals surface area contributed by atoms with Gasteiger partial charge in [-0.3, -0.25) is 9.59 Å². The normalized spacial score (nSPS) is 14.4. The van der Waals surface area contributed by atoms with E-state index < -0.39 is 17.4 Å². The van der Waals surface area contributed by atoms with E-state index in [2.05, 4.69) is 0 Å². The first-order chi connectivity index (χ1) is 7.90. The van der Waals surface area contributed by atoms with Gasteiger partial charge in [0.25, 0.3) is 0 Å². The molecule has 0 fully saturated rings. The van der Waals surface area contributed by atoms with Crippen molar-refractivity contribution in [2.45, 2.75) is 53.4 Å². The van der Waals surface area contributed by atoms with Crippen molar-refractivity contribution >= 4 is 11.9 Å². The van der Waals surface area contributed by atoms with Crippen molar-refractivity contribution in [1.82, 2.24) is 0 Å². The summed E-state index contributed by atoms with van der Waals surface area (Å²) < 4.78 is 5.08. The predicted octanol–water partition coefficient (Wildman–Crippen LogP) is 2.86. The summed E-state index contributed by atoms with van der Waals surface area (Å²) in [6.45, 7) is 7.84. The van der Waals surface area contributed by atoms with Gasteiger partial charge in [0.15, 0.2) is 5.41 Å². The summed E-state index contributed by atoms with van der Waals surface area (Å²) in [7, 11) is 0. The lowest BCUT2D eigenvalue weighted by molar-refractivity contribution is -0.170. The molecule has 0 aromatic carbocycles. The van der Waals surface area contributed by atoms with Gasteiger partial charge in [-0.05, 0) is 25.2 Å². The second-order valence-corrected chi connectivity index (χ2v) is 4.83. The molecule has 0 aromatic rings. The Morgan fingerprint density at radius 1 is 1.29 bits per heavy atom.